The summed E-state index contributed by atoms with van der Waals surface area (Å²) >= 11 is 0. The van der Waals surface area contributed by atoms with Crippen molar-refractivity contribution in [2.45, 2.75) is 25.9 Å². The van der Waals surface area contributed by atoms with Crippen LogP contribution in [0.4, 0.5) is 8.78 Å². The van der Waals surface area contributed by atoms with Crippen LogP contribution in [0.15, 0.2) is 47.5 Å². The highest BCUT2D eigenvalue weighted by atomic mass is 19.1. The first-order valence-electron chi connectivity index (χ1n) is 9.93. The van der Waals surface area contributed by atoms with Gasteiger partial charge in [0.15, 0.2) is 17.5 Å². The summed E-state index contributed by atoms with van der Waals surface area (Å²) in [5.41, 5.74) is 2.44. The number of nitrogens with one attached hydrogen (secondary N) is 2. The second-order valence-corrected chi connectivity index (χ2v) is 6.97. The monoisotopic (exact) mass is 416 g/mol. The standard InChI is InChI=1S/C22H26F2N4O2/c1-25-22(27-11-12-30-20-9-8-18(23)13-19(20)24)26-10-4-7-21(29)28-14-16-5-2-3-6-17(16)15-28/h2-3,5-6,8-9,13H,4,7,10-12,14-15H2,1H3,(H2,25,26,27). The third-order valence-electron chi connectivity index (χ3n) is 4.82. The van der Waals surface area contributed by atoms with Crippen LogP contribution < -0.4 is 15.4 Å². The smallest absolute Gasteiger partial charge is 0.223 e. The number of carbonyl (C=O) groups excluding carboxylic acids is 1. The van der Waals surface area contributed by atoms with Crippen LogP contribution in [0.3, 0.4) is 0 Å². The largest absolute Gasteiger partial charge is 0.489 e. The van der Waals surface area contributed by atoms with E-state index in [-0.39, 0.29) is 18.3 Å². The van der Waals surface area contributed by atoms with Crippen LogP contribution in [0.1, 0.15) is 24.0 Å². The zero-order valence-electron chi connectivity index (χ0n) is 17.0. The van der Waals surface area contributed by atoms with E-state index in [1.165, 1.54) is 17.2 Å². The van der Waals surface area contributed by atoms with Crippen LogP contribution >= 0.6 is 0 Å². The maximum atomic E-state index is 13.5. The molecular formula is C22H26F2N4O2. The normalized spacial score (nSPS) is 13.2. The fourth-order valence-corrected chi connectivity index (χ4v) is 3.26. The number of aliphatic imine (C=N–C) groups is 1. The molecule has 0 radical (unpaired) electrons. The number of hydrogen-bond acceptors (Lipinski definition) is 3. The van der Waals surface area contributed by atoms with E-state index >= 15 is 0 Å². The summed E-state index contributed by atoms with van der Waals surface area (Å²) < 4.78 is 31.7. The van der Waals surface area contributed by atoms with E-state index in [1.54, 1.807) is 7.05 Å². The molecule has 0 atom stereocenters. The molecule has 2 aromatic carbocycles. The topological polar surface area (TPSA) is 66.0 Å². The Morgan fingerprint density at radius 1 is 1.10 bits per heavy atom. The molecule has 8 heteroatoms. The minimum atomic E-state index is -0.733. The first kappa shape index (κ1) is 21.5. The van der Waals surface area contributed by atoms with Gasteiger partial charge in [-0.1, -0.05) is 24.3 Å². The van der Waals surface area contributed by atoms with Gasteiger partial charge in [0.25, 0.3) is 0 Å². The zero-order chi connectivity index (χ0) is 21.3. The van der Waals surface area contributed by atoms with Gasteiger partial charge in [-0.05, 0) is 29.7 Å². The van der Waals surface area contributed by atoms with Gasteiger partial charge >= 0.3 is 0 Å². The Morgan fingerprint density at radius 3 is 2.47 bits per heavy atom. The summed E-state index contributed by atoms with van der Waals surface area (Å²) in [5.74, 6) is -0.660. The molecule has 3 rings (SSSR count). The molecular weight excluding hydrogens is 390 g/mol. The second-order valence-electron chi connectivity index (χ2n) is 6.97. The molecule has 1 heterocycles. The Bertz CT molecular complexity index is 879. The molecule has 1 aliphatic heterocycles. The van der Waals surface area contributed by atoms with Crippen LogP contribution in [-0.4, -0.2) is 43.5 Å². The van der Waals surface area contributed by atoms with Gasteiger partial charge in [0, 0.05) is 39.2 Å². The van der Waals surface area contributed by atoms with Gasteiger partial charge in [0.05, 0.1) is 6.54 Å². The second kappa shape index (κ2) is 10.6. The molecule has 0 spiro atoms. The van der Waals surface area contributed by atoms with Crippen LogP contribution in [0, 0.1) is 11.6 Å². The third-order valence-corrected chi connectivity index (χ3v) is 4.82. The summed E-state index contributed by atoms with van der Waals surface area (Å²) in [4.78, 5) is 18.4. The lowest BCUT2D eigenvalue weighted by atomic mass is 10.1. The number of halogens is 2. The van der Waals surface area contributed by atoms with E-state index in [9.17, 15) is 13.6 Å². The van der Waals surface area contributed by atoms with Crippen molar-refractivity contribution in [2.24, 2.45) is 4.99 Å². The number of hydrogen-bond donors (Lipinski definition) is 2. The van der Waals surface area contributed by atoms with Gasteiger partial charge < -0.3 is 20.3 Å². The number of fused-ring (bicyclic) bond motifs is 1. The molecule has 0 saturated heterocycles. The van der Waals surface area contributed by atoms with E-state index in [1.807, 2.05) is 17.0 Å². The Labute approximate surface area is 174 Å². The number of ether oxygens (including phenoxy) is 1. The van der Waals surface area contributed by atoms with Crippen molar-refractivity contribution in [3.8, 4) is 5.75 Å². The Balaban J connectivity index is 1.30. The van der Waals surface area contributed by atoms with Gasteiger partial charge in [0.1, 0.15) is 12.4 Å². The molecule has 2 aromatic rings. The van der Waals surface area contributed by atoms with Gasteiger partial charge in [-0.2, -0.15) is 0 Å². The number of carbonyl (C=O) groups is 1. The third kappa shape index (κ3) is 5.92. The highest BCUT2D eigenvalue weighted by Crippen LogP contribution is 2.22. The maximum absolute atomic E-state index is 13.5. The van der Waals surface area contributed by atoms with Gasteiger partial charge in [-0.15, -0.1) is 0 Å². The summed E-state index contributed by atoms with van der Waals surface area (Å²) in [7, 11) is 1.64. The summed E-state index contributed by atoms with van der Waals surface area (Å²) in [6.45, 7) is 2.54. The van der Waals surface area contributed by atoms with E-state index in [4.69, 9.17) is 4.74 Å². The average Bonchev–Trinajstić information content (AvgIpc) is 3.18. The minimum Gasteiger partial charge on any atom is -0.489 e. The fraction of sp³-hybridized carbons (Fsp3) is 0.364. The maximum Gasteiger partial charge on any atom is 0.223 e. The molecule has 0 saturated carbocycles. The van der Waals surface area contributed by atoms with Crippen molar-refractivity contribution in [1.82, 2.24) is 15.5 Å². The van der Waals surface area contributed by atoms with E-state index in [0.29, 0.717) is 45.0 Å². The van der Waals surface area contributed by atoms with Crippen LogP contribution in [0.2, 0.25) is 0 Å². The molecule has 0 unspecified atom stereocenters. The number of amides is 1. The van der Waals surface area contributed by atoms with Crippen molar-refractivity contribution in [3.05, 3.63) is 65.2 Å². The first-order valence-corrected chi connectivity index (χ1v) is 9.93. The summed E-state index contributed by atoms with van der Waals surface area (Å²) in [5, 5.41) is 6.19. The lowest BCUT2D eigenvalue weighted by Crippen LogP contribution is -2.40. The Kier molecular flexibility index (Phi) is 7.59. The molecule has 30 heavy (non-hydrogen) atoms. The molecule has 1 aliphatic rings. The fourth-order valence-electron chi connectivity index (χ4n) is 3.26. The molecule has 6 nitrogen and oxygen atoms in total. The molecule has 0 aromatic heterocycles. The van der Waals surface area contributed by atoms with Gasteiger partial charge in [0.2, 0.25) is 5.91 Å². The van der Waals surface area contributed by atoms with Crippen molar-refractivity contribution in [2.75, 3.05) is 26.7 Å². The number of benzene rings is 2. The predicted octanol–water partition coefficient (Wildman–Crippen LogP) is 2.83. The number of rotatable bonds is 8. The van der Waals surface area contributed by atoms with Crippen molar-refractivity contribution < 1.29 is 18.3 Å². The Morgan fingerprint density at radius 2 is 1.80 bits per heavy atom. The molecule has 0 aliphatic carbocycles. The molecule has 160 valence electrons. The van der Waals surface area contributed by atoms with Crippen LogP contribution in [0.5, 0.6) is 5.75 Å². The van der Waals surface area contributed by atoms with Gasteiger partial charge in [-0.25, -0.2) is 8.78 Å². The van der Waals surface area contributed by atoms with Gasteiger partial charge in [-0.3, -0.25) is 9.79 Å². The molecule has 0 fully saturated rings. The lowest BCUT2D eigenvalue weighted by molar-refractivity contribution is -0.131. The minimum absolute atomic E-state index is 0.00345. The SMILES string of the molecule is CN=C(NCCCC(=O)N1Cc2ccccc2C1)NCCOc1ccc(F)cc1F. The zero-order valence-corrected chi connectivity index (χ0v) is 17.0. The van der Waals surface area contributed by atoms with Crippen molar-refractivity contribution in [1.29, 1.82) is 0 Å². The van der Waals surface area contributed by atoms with Crippen LogP contribution in [0.25, 0.3) is 0 Å². The number of guanidine groups is 1. The van der Waals surface area contributed by atoms with Crippen molar-refractivity contribution >= 4 is 11.9 Å². The summed E-state index contributed by atoms with van der Waals surface area (Å²) in [6, 6.07) is 11.3. The number of nitrogens with zero attached hydrogens (tertiary/aromatic N) is 2. The summed E-state index contributed by atoms with van der Waals surface area (Å²) in [6.07, 6.45) is 1.15. The Hall–Kier alpha value is -3.16. The highest BCUT2D eigenvalue weighted by Gasteiger charge is 2.22. The molecule has 1 amide bonds. The quantitative estimate of drug-likeness (QED) is 0.395. The molecule has 2 N–H and O–H groups in total. The molecule has 0 bridgehead atoms. The van der Waals surface area contributed by atoms with E-state index < -0.39 is 11.6 Å². The average molecular weight is 416 g/mol. The first-order chi connectivity index (χ1) is 14.6. The lowest BCUT2D eigenvalue weighted by Gasteiger charge is -2.16. The highest BCUT2D eigenvalue weighted by molar-refractivity contribution is 5.80. The van der Waals surface area contributed by atoms with Crippen molar-refractivity contribution in [3.63, 3.8) is 0 Å². The van der Waals surface area contributed by atoms with E-state index in [0.717, 1.165) is 12.1 Å². The predicted molar refractivity (Wildman–Crippen MR) is 111 cm³/mol. The van der Waals surface area contributed by atoms with E-state index in [2.05, 4.69) is 27.8 Å². The van der Waals surface area contributed by atoms with Crippen LogP contribution in [-0.2, 0) is 17.9 Å².